The zero-order valence-corrected chi connectivity index (χ0v) is 14.2. The van der Waals surface area contributed by atoms with E-state index in [1.54, 1.807) is 0 Å². The first kappa shape index (κ1) is 15.8. The Morgan fingerprint density at radius 2 is 1.71 bits per heavy atom. The van der Waals surface area contributed by atoms with Gasteiger partial charge in [0.15, 0.2) is 0 Å². The van der Waals surface area contributed by atoms with E-state index in [0.29, 0.717) is 5.41 Å². The van der Waals surface area contributed by atoms with Gasteiger partial charge in [0.1, 0.15) is 0 Å². The van der Waals surface area contributed by atoms with Gasteiger partial charge >= 0.3 is 0 Å². The second kappa shape index (κ2) is 6.97. The van der Waals surface area contributed by atoms with Crippen LogP contribution in [0, 0.1) is 11.3 Å². The van der Waals surface area contributed by atoms with E-state index in [9.17, 15) is 0 Å². The molecule has 0 aromatic carbocycles. The molecular weight excluding hydrogens is 258 g/mol. The van der Waals surface area contributed by atoms with Gasteiger partial charge in [-0.2, -0.15) is 0 Å². The van der Waals surface area contributed by atoms with E-state index < -0.39 is 0 Å². The van der Waals surface area contributed by atoms with Crippen molar-refractivity contribution >= 4 is 0 Å². The molecule has 0 bridgehead atoms. The van der Waals surface area contributed by atoms with Crippen molar-refractivity contribution in [1.29, 1.82) is 0 Å². The van der Waals surface area contributed by atoms with Crippen molar-refractivity contribution < 1.29 is 0 Å². The molecule has 3 heteroatoms. The lowest BCUT2D eigenvalue weighted by Crippen LogP contribution is -2.46. The molecular formula is C18H35N3. The quantitative estimate of drug-likeness (QED) is 0.778. The van der Waals surface area contributed by atoms with Gasteiger partial charge in [0.25, 0.3) is 0 Å². The molecule has 0 unspecified atom stereocenters. The smallest absolute Gasteiger partial charge is 0.00684 e. The van der Waals surface area contributed by atoms with Crippen molar-refractivity contribution in [3.8, 4) is 0 Å². The number of nitrogens with one attached hydrogen (secondary N) is 1. The van der Waals surface area contributed by atoms with Gasteiger partial charge in [-0.3, -0.25) is 0 Å². The van der Waals surface area contributed by atoms with Crippen molar-refractivity contribution in [2.24, 2.45) is 11.3 Å². The lowest BCUT2D eigenvalue weighted by atomic mass is 9.84. The highest BCUT2D eigenvalue weighted by molar-refractivity contribution is 4.93. The minimum atomic E-state index is 0.608. The van der Waals surface area contributed by atoms with Crippen LogP contribution in [0.4, 0.5) is 0 Å². The summed E-state index contributed by atoms with van der Waals surface area (Å²) in [5, 5.41) is 3.83. The molecule has 3 aliphatic rings. The zero-order valence-electron chi connectivity index (χ0n) is 14.2. The van der Waals surface area contributed by atoms with Crippen LogP contribution in [0.15, 0.2) is 0 Å². The third-order valence-corrected chi connectivity index (χ3v) is 5.90. The van der Waals surface area contributed by atoms with Crippen molar-refractivity contribution in [3.05, 3.63) is 0 Å². The summed E-state index contributed by atoms with van der Waals surface area (Å²) in [7, 11) is 4.42. The Balaban J connectivity index is 1.45. The van der Waals surface area contributed by atoms with E-state index in [-0.39, 0.29) is 0 Å². The molecule has 3 fully saturated rings. The SMILES string of the molecule is CN(C)CC1CCN(CC2(CNC3CC3)CCCC2)CC1. The van der Waals surface area contributed by atoms with Crippen molar-refractivity contribution in [1.82, 2.24) is 15.1 Å². The lowest BCUT2D eigenvalue weighted by molar-refractivity contribution is 0.102. The first-order valence-electron chi connectivity index (χ1n) is 9.26. The summed E-state index contributed by atoms with van der Waals surface area (Å²) in [6.45, 7) is 6.60. The van der Waals surface area contributed by atoms with Crippen LogP contribution >= 0.6 is 0 Å². The third-order valence-electron chi connectivity index (χ3n) is 5.90. The molecule has 0 aromatic rings. The molecule has 0 amide bonds. The normalized spacial score (nSPS) is 27.6. The van der Waals surface area contributed by atoms with Crippen LogP contribution in [0.25, 0.3) is 0 Å². The van der Waals surface area contributed by atoms with Crippen molar-refractivity contribution in [2.45, 2.75) is 57.4 Å². The van der Waals surface area contributed by atoms with Gasteiger partial charge in [0, 0.05) is 25.7 Å². The molecule has 0 spiro atoms. The van der Waals surface area contributed by atoms with Gasteiger partial charge < -0.3 is 15.1 Å². The highest BCUT2D eigenvalue weighted by atomic mass is 15.1. The van der Waals surface area contributed by atoms with Crippen molar-refractivity contribution in [3.63, 3.8) is 0 Å². The fourth-order valence-electron chi connectivity index (χ4n) is 4.48. The first-order chi connectivity index (χ1) is 10.2. The predicted octanol–water partition coefficient (Wildman–Crippen LogP) is 2.57. The molecule has 3 nitrogen and oxygen atoms in total. The summed E-state index contributed by atoms with van der Waals surface area (Å²) in [5.41, 5.74) is 0.608. The van der Waals surface area contributed by atoms with Gasteiger partial charge in [0.2, 0.25) is 0 Å². The van der Waals surface area contributed by atoms with Crippen LogP contribution in [-0.4, -0.2) is 62.7 Å². The molecule has 1 heterocycles. The highest BCUT2D eigenvalue weighted by Crippen LogP contribution is 2.39. The molecule has 0 aromatic heterocycles. The Kier molecular flexibility index (Phi) is 5.23. The van der Waals surface area contributed by atoms with E-state index in [1.807, 2.05) is 0 Å². The number of nitrogens with zero attached hydrogens (tertiary/aromatic N) is 2. The van der Waals surface area contributed by atoms with Crippen LogP contribution in [0.5, 0.6) is 0 Å². The Labute approximate surface area is 131 Å². The molecule has 1 N–H and O–H groups in total. The minimum Gasteiger partial charge on any atom is -0.313 e. The van der Waals surface area contributed by atoms with Gasteiger partial charge in [-0.25, -0.2) is 0 Å². The van der Waals surface area contributed by atoms with Crippen LogP contribution in [-0.2, 0) is 0 Å². The van der Waals surface area contributed by atoms with Crippen LogP contribution in [0.1, 0.15) is 51.4 Å². The van der Waals surface area contributed by atoms with Crippen LogP contribution in [0.3, 0.4) is 0 Å². The maximum Gasteiger partial charge on any atom is 0.00684 e. The maximum atomic E-state index is 3.83. The Morgan fingerprint density at radius 1 is 1.05 bits per heavy atom. The monoisotopic (exact) mass is 293 g/mol. The number of rotatable bonds is 7. The molecule has 2 aliphatic carbocycles. The second-order valence-corrected chi connectivity index (χ2v) is 8.34. The largest absolute Gasteiger partial charge is 0.313 e. The summed E-state index contributed by atoms with van der Waals surface area (Å²) < 4.78 is 0. The number of hydrogen-bond acceptors (Lipinski definition) is 3. The fourth-order valence-corrected chi connectivity index (χ4v) is 4.48. The number of likely N-dealkylation sites (tertiary alicyclic amines) is 1. The van der Waals surface area contributed by atoms with Gasteiger partial charge in [0.05, 0.1) is 0 Å². The zero-order chi connectivity index (χ0) is 14.7. The number of hydrogen-bond donors (Lipinski definition) is 1. The van der Waals surface area contributed by atoms with Crippen LogP contribution in [0.2, 0.25) is 0 Å². The molecule has 21 heavy (non-hydrogen) atoms. The number of piperidine rings is 1. The van der Waals surface area contributed by atoms with E-state index in [1.165, 1.54) is 84.1 Å². The summed E-state index contributed by atoms with van der Waals surface area (Å²) in [6.07, 6.45) is 11.5. The highest BCUT2D eigenvalue weighted by Gasteiger charge is 2.37. The maximum absolute atomic E-state index is 3.83. The Bertz CT molecular complexity index is 310. The van der Waals surface area contributed by atoms with E-state index >= 15 is 0 Å². The average molecular weight is 293 g/mol. The standard InChI is InChI=1S/C18H35N3/c1-20(2)13-16-7-11-21(12-8-16)15-18(9-3-4-10-18)14-19-17-5-6-17/h16-17,19H,3-15H2,1-2H3. The van der Waals surface area contributed by atoms with Crippen molar-refractivity contribution in [2.75, 3.05) is 46.8 Å². The molecule has 3 rings (SSSR count). The van der Waals surface area contributed by atoms with Gasteiger partial charge in [-0.15, -0.1) is 0 Å². The lowest BCUT2D eigenvalue weighted by Gasteiger charge is -2.40. The van der Waals surface area contributed by atoms with Gasteiger partial charge in [-0.05, 0) is 77.0 Å². The van der Waals surface area contributed by atoms with E-state index in [2.05, 4.69) is 29.2 Å². The third kappa shape index (κ3) is 4.67. The first-order valence-corrected chi connectivity index (χ1v) is 9.26. The second-order valence-electron chi connectivity index (χ2n) is 8.34. The summed E-state index contributed by atoms with van der Waals surface area (Å²) in [4.78, 5) is 5.14. The Morgan fingerprint density at radius 3 is 2.29 bits per heavy atom. The van der Waals surface area contributed by atoms with E-state index in [0.717, 1.165) is 12.0 Å². The fraction of sp³-hybridized carbons (Fsp3) is 1.00. The predicted molar refractivity (Wildman–Crippen MR) is 89.6 cm³/mol. The molecule has 122 valence electrons. The molecule has 1 aliphatic heterocycles. The Hall–Kier alpha value is -0.120. The summed E-state index contributed by atoms with van der Waals surface area (Å²) in [6, 6.07) is 0.869. The molecule has 1 saturated heterocycles. The topological polar surface area (TPSA) is 18.5 Å². The van der Waals surface area contributed by atoms with Crippen LogP contribution < -0.4 is 5.32 Å². The molecule has 0 radical (unpaired) electrons. The summed E-state index contributed by atoms with van der Waals surface area (Å²) >= 11 is 0. The molecule has 0 atom stereocenters. The van der Waals surface area contributed by atoms with Gasteiger partial charge in [-0.1, -0.05) is 12.8 Å². The average Bonchev–Trinajstić information content (AvgIpc) is 3.18. The molecule has 2 saturated carbocycles. The minimum absolute atomic E-state index is 0.608. The summed E-state index contributed by atoms with van der Waals surface area (Å²) in [5.74, 6) is 0.931. The van der Waals surface area contributed by atoms with E-state index in [4.69, 9.17) is 0 Å².